The summed E-state index contributed by atoms with van der Waals surface area (Å²) in [5.74, 6) is -0.394. The van der Waals surface area contributed by atoms with Crippen molar-refractivity contribution in [2.75, 3.05) is 12.4 Å². The molecule has 0 bridgehead atoms. The largest absolute Gasteiger partial charge is 0.342 e. The summed E-state index contributed by atoms with van der Waals surface area (Å²) in [5.41, 5.74) is 2.04. The SMILES string of the molecule is CC(=O)N(C)Cc1cccc(NC(=O)c2nc(-c3cccs3)n(-c3ccc(F)cc3)n2)c1. The minimum absolute atomic E-state index is 0.0102. The van der Waals surface area contributed by atoms with Crippen LogP contribution in [0.15, 0.2) is 66.0 Å². The van der Waals surface area contributed by atoms with Crippen LogP contribution in [0, 0.1) is 5.82 Å². The number of anilines is 1. The van der Waals surface area contributed by atoms with Crippen molar-refractivity contribution in [3.63, 3.8) is 0 Å². The van der Waals surface area contributed by atoms with Crippen molar-refractivity contribution in [1.29, 1.82) is 0 Å². The molecule has 2 heterocycles. The highest BCUT2D eigenvalue weighted by molar-refractivity contribution is 7.13. The van der Waals surface area contributed by atoms with E-state index < -0.39 is 5.91 Å². The second-order valence-corrected chi connectivity index (χ2v) is 8.10. The van der Waals surface area contributed by atoms with Gasteiger partial charge in [0.05, 0.1) is 10.6 Å². The summed E-state index contributed by atoms with van der Waals surface area (Å²) in [6, 6.07) is 16.8. The highest BCUT2D eigenvalue weighted by Crippen LogP contribution is 2.26. The summed E-state index contributed by atoms with van der Waals surface area (Å²) in [5, 5.41) is 9.10. The van der Waals surface area contributed by atoms with Gasteiger partial charge in [0, 0.05) is 26.2 Å². The first-order valence-corrected chi connectivity index (χ1v) is 10.7. The predicted molar refractivity (Wildman–Crippen MR) is 121 cm³/mol. The van der Waals surface area contributed by atoms with Crippen molar-refractivity contribution in [3.8, 4) is 16.4 Å². The average Bonchev–Trinajstić information content (AvgIpc) is 3.44. The number of halogens is 1. The van der Waals surface area contributed by atoms with Crippen LogP contribution in [-0.4, -0.2) is 38.5 Å². The molecular weight excluding hydrogens is 429 g/mol. The Morgan fingerprint density at radius 3 is 2.59 bits per heavy atom. The number of carbonyl (C=O) groups excluding carboxylic acids is 2. The molecule has 0 fully saturated rings. The van der Waals surface area contributed by atoms with E-state index in [-0.39, 0.29) is 17.5 Å². The summed E-state index contributed by atoms with van der Waals surface area (Å²) in [6.07, 6.45) is 0. The molecule has 1 N–H and O–H groups in total. The summed E-state index contributed by atoms with van der Waals surface area (Å²) >= 11 is 1.47. The molecule has 9 heteroatoms. The second kappa shape index (κ2) is 9.11. The lowest BCUT2D eigenvalue weighted by molar-refractivity contribution is -0.128. The Hall–Kier alpha value is -3.85. The molecule has 0 aliphatic rings. The molecule has 0 aliphatic heterocycles. The molecule has 0 saturated heterocycles. The molecule has 2 amide bonds. The van der Waals surface area contributed by atoms with Crippen molar-refractivity contribution in [1.82, 2.24) is 19.7 Å². The van der Waals surface area contributed by atoms with Crippen molar-refractivity contribution in [2.24, 2.45) is 0 Å². The van der Waals surface area contributed by atoms with Gasteiger partial charge in [0.1, 0.15) is 5.82 Å². The molecular formula is C23H20FN5O2S. The Balaban J connectivity index is 1.61. The molecule has 4 aromatic rings. The lowest BCUT2D eigenvalue weighted by Crippen LogP contribution is -2.23. The number of amides is 2. The van der Waals surface area contributed by atoms with Crippen molar-refractivity contribution in [3.05, 3.63) is 83.2 Å². The maximum absolute atomic E-state index is 13.4. The van der Waals surface area contributed by atoms with Gasteiger partial charge in [0.15, 0.2) is 5.82 Å². The summed E-state index contributed by atoms with van der Waals surface area (Å²) in [4.78, 5) is 31.2. The first kappa shape index (κ1) is 21.4. The molecule has 4 rings (SSSR count). The fourth-order valence-corrected chi connectivity index (χ4v) is 3.75. The monoisotopic (exact) mass is 449 g/mol. The van der Waals surface area contributed by atoms with E-state index in [4.69, 9.17) is 0 Å². The van der Waals surface area contributed by atoms with Crippen molar-refractivity contribution >= 4 is 28.8 Å². The zero-order valence-electron chi connectivity index (χ0n) is 17.4. The van der Waals surface area contributed by atoms with Gasteiger partial charge >= 0.3 is 0 Å². The molecule has 0 atom stereocenters. The van der Waals surface area contributed by atoms with Crippen LogP contribution in [0.25, 0.3) is 16.4 Å². The minimum atomic E-state index is -0.472. The highest BCUT2D eigenvalue weighted by atomic mass is 32.1. The maximum Gasteiger partial charge on any atom is 0.295 e. The van der Waals surface area contributed by atoms with E-state index in [2.05, 4.69) is 15.4 Å². The zero-order chi connectivity index (χ0) is 22.7. The van der Waals surface area contributed by atoms with Crippen LogP contribution in [0.5, 0.6) is 0 Å². The van der Waals surface area contributed by atoms with Gasteiger partial charge in [-0.3, -0.25) is 9.59 Å². The van der Waals surface area contributed by atoms with Crippen LogP contribution in [0.3, 0.4) is 0 Å². The zero-order valence-corrected chi connectivity index (χ0v) is 18.3. The van der Waals surface area contributed by atoms with Gasteiger partial charge in [-0.2, -0.15) is 0 Å². The molecule has 0 saturated carbocycles. The quantitative estimate of drug-likeness (QED) is 0.474. The van der Waals surface area contributed by atoms with Gasteiger partial charge in [-0.05, 0) is 53.4 Å². The third-order valence-electron chi connectivity index (χ3n) is 4.77. The Morgan fingerprint density at radius 2 is 1.91 bits per heavy atom. The number of carbonyl (C=O) groups is 2. The van der Waals surface area contributed by atoms with Gasteiger partial charge in [-0.25, -0.2) is 14.1 Å². The van der Waals surface area contributed by atoms with E-state index in [1.54, 1.807) is 42.3 Å². The third-order valence-corrected chi connectivity index (χ3v) is 5.63. The predicted octanol–water partition coefficient (Wildman–Crippen LogP) is 4.37. The number of thiophene rings is 1. The van der Waals surface area contributed by atoms with Crippen molar-refractivity contribution < 1.29 is 14.0 Å². The number of nitrogens with one attached hydrogen (secondary N) is 1. The van der Waals surface area contributed by atoms with Gasteiger partial charge in [-0.1, -0.05) is 18.2 Å². The van der Waals surface area contributed by atoms with Crippen LogP contribution in [0.4, 0.5) is 10.1 Å². The molecule has 2 aromatic heterocycles. The molecule has 0 unspecified atom stereocenters. The van der Waals surface area contributed by atoms with Gasteiger partial charge in [0.2, 0.25) is 11.7 Å². The maximum atomic E-state index is 13.4. The summed E-state index contributed by atoms with van der Waals surface area (Å²) in [7, 11) is 1.71. The highest BCUT2D eigenvalue weighted by Gasteiger charge is 2.20. The van der Waals surface area contributed by atoms with E-state index in [0.29, 0.717) is 23.7 Å². The van der Waals surface area contributed by atoms with E-state index >= 15 is 0 Å². The van der Waals surface area contributed by atoms with E-state index in [1.165, 1.54) is 35.1 Å². The van der Waals surface area contributed by atoms with Crippen LogP contribution >= 0.6 is 11.3 Å². The van der Waals surface area contributed by atoms with Crippen LogP contribution in [0.1, 0.15) is 23.1 Å². The number of hydrogen-bond donors (Lipinski definition) is 1. The Morgan fingerprint density at radius 1 is 1.12 bits per heavy atom. The fraction of sp³-hybridized carbons (Fsp3) is 0.130. The van der Waals surface area contributed by atoms with E-state index in [1.807, 2.05) is 23.6 Å². The lowest BCUT2D eigenvalue weighted by Gasteiger charge is -2.15. The summed E-state index contributed by atoms with van der Waals surface area (Å²) < 4.78 is 14.9. The molecule has 7 nitrogen and oxygen atoms in total. The molecule has 32 heavy (non-hydrogen) atoms. The summed E-state index contributed by atoms with van der Waals surface area (Å²) in [6.45, 7) is 1.93. The van der Waals surface area contributed by atoms with Crippen LogP contribution < -0.4 is 5.32 Å². The van der Waals surface area contributed by atoms with Gasteiger partial charge < -0.3 is 10.2 Å². The number of nitrogens with zero attached hydrogens (tertiary/aromatic N) is 4. The number of rotatable bonds is 6. The van der Waals surface area contributed by atoms with Crippen LogP contribution in [0.2, 0.25) is 0 Å². The van der Waals surface area contributed by atoms with Crippen LogP contribution in [-0.2, 0) is 11.3 Å². The van der Waals surface area contributed by atoms with Gasteiger partial charge in [0.25, 0.3) is 5.91 Å². The normalized spacial score (nSPS) is 10.7. The molecule has 0 spiro atoms. The third kappa shape index (κ3) is 4.73. The lowest BCUT2D eigenvalue weighted by atomic mass is 10.2. The van der Waals surface area contributed by atoms with Crippen molar-refractivity contribution in [2.45, 2.75) is 13.5 Å². The standard InChI is InChI=1S/C23H20FN5O2S/c1-15(30)28(2)14-16-5-3-6-18(13-16)25-23(31)21-26-22(20-7-4-12-32-20)29(27-21)19-10-8-17(24)9-11-19/h3-13H,14H2,1-2H3,(H,25,31). The second-order valence-electron chi connectivity index (χ2n) is 7.15. The number of aromatic nitrogens is 3. The molecule has 2 aromatic carbocycles. The topological polar surface area (TPSA) is 80.1 Å². The van der Waals surface area contributed by atoms with E-state index in [0.717, 1.165) is 10.4 Å². The van der Waals surface area contributed by atoms with E-state index in [9.17, 15) is 14.0 Å². The molecule has 162 valence electrons. The first-order valence-electron chi connectivity index (χ1n) is 9.79. The number of hydrogen-bond acceptors (Lipinski definition) is 5. The van der Waals surface area contributed by atoms with Gasteiger partial charge in [-0.15, -0.1) is 16.4 Å². The minimum Gasteiger partial charge on any atom is -0.342 e. The Kier molecular flexibility index (Phi) is 6.09. The smallest absolute Gasteiger partial charge is 0.295 e. The molecule has 0 radical (unpaired) electrons. The Labute approximate surface area is 188 Å². The average molecular weight is 450 g/mol. The number of benzene rings is 2. The molecule has 0 aliphatic carbocycles. The first-order chi connectivity index (χ1) is 15.4. The fourth-order valence-electron chi connectivity index (χ4n) is 3.06. The Bertz CT molecular complexity index is 1250.